The van der Waals surface area contributed by atoms with E-state index in [-0.39, 0.29) is 0 Å². The average Bonchev–Trinajstić information content (AvgIpc) is 2.33. The lowest BCUT2D eigenvalue weighted by Crippen LogP contribution is -2.10. The van der Waals surface area contributed by atoms with Gasteiger partial charge < -0.3 is 5.32 Å². The van der Waals surface area contributed by atoms with Crippen molar-refractivity contribution in [2.45, 2.75) is 19.9 Å². The molecule has 0 atom stereocenters. The van der Waals surface area contributed by atoms with Crippen molar-refractivity contribution < 1.29 is 0 Å². The second-order valence-electron chi connectivity index (χ2n) is 2.45. The third-order valence-corrected chi connectivity index (χ3v) is 1.55. The zero-order valence-corrected chi connectivity index (χ0v) is 7.26. The zero-order chi connectivity index (χ0) is 8.27. The SMILES string of the molecule is CCc1nc(CNC)n(C)n1. The summed E-state index contributed by atoms with van der Waals surface area (Å²) in [5, 5.41) is 7.25. The smallest absolute Gasteiger partial charge is 0.150 e. The van der Waals surface area contributed by atoms with Crippen molar-refractivity contribution in [1.82, 2.24) is 20.1 Å². The molecule has 0 spiro atoms. The molecule has 0 saturated carbocycles. The molecule has 0 bridgehead atoms. The molecule has 0 saturated heterocycles. The maximum atomic E-state index is 4.31. The van der Waals surface area contributed by atoms with Crippen LogP contribution >= 0.6 is 0 Å². The molecule has 0 unspecified atom stereocenters. The van der Waals surface area contributed by atoms with Crippen molar-refractivity contribution in [3.8, 4) is 0 Å². The van der Waals surface area contributed by atoms with Crippen molar-refractivity contribution in [1.29, 1.82) is 0 Å². The Balaban J connectivity index is 2.79. The highest BCUT2D eigenvalue weighted by molar-refractivity contribution is 4.91. The van der Waals surface area contributed by atoms with E-state index in [4.69, 9.17) is 0 Å². The van der Waals surface area contributed by atoms with Gasteiger partial charge in [-0.25, -0.2) is 4.98 Å². The van der Waals surface area contributed by atoms with Gasteiger partial charge in [0.1, 0.15) is 5.82 Å². The van der Waals surface area contributed by atoms with Crippen LogP contribution in [-0.2, 0) is 20.0 Å². The van der Waals surface area contributed by atoms with Crippen molar-refractivity contribution in [3.05, 3.63) is 11.6 Å². The summed E-state index contributed by atoms with van der Waals surface area (Å²) in [4.78, 5) is 4.31. The predicted molar refractivity (Wildman–Crippen MR) is 43.1 cm³/mol. The maximum absolute atomic E-state index is 4.31. The van der Waals surface area contributed by atoms with Crippen LogP contribution in [0.25, 0.3) is 0 Å². The molecule has 4 nitrogen and oxygen atoms in total. The van der Waals surface area contributed by atoms with Gasteiger partial charge >= 0.3 is 0 Å². The van der Waals surface area contributed by atoms with Gasteiger partial charge in [-0.05, 0) is 7.05 Å². The number of nitrogens with zero attached hydrogens (tertiary/aromatic N) is 3. The third-order valence-electron chi connectivity index (χ3n) is 1.55. The van der Waals surface area contributed by atoms with Crippen molar-refractivity contribution >= 4 is 0 Å². The van der Waals surface area contributed by atoms with Gasteiger partial charge in [0.25, 0.3) is 0 Å². The molecule has 0 fully saturated rings. The van der Waals surface area contributed by atoms with Crippen LogP contribution in [0, 0.1) is 0 Å². The highest BCUT2D eigenvalue weighted by Gasteiger charge is 2.02. The van der Waals surface area contributed by atoms with Crippen LogP contribution in [0.1, 0.15) is 18.6 Å². The Kier molecular flexibility index (Phi) is 2.59. The van der Waals surface area contributed by atoms with Gasteiger partial charge in [-0.3, -0.25) is 4.68 Å². The fraction of sp³-hybridized carbons (Fsp3) is 0.714. The fourth-order valence-corrected chi connectivity index (χ4v) is 0.936. The highest BCUT2D eigenvalue weighted by Crippen LogP contribution is 1.96. The topological polar surface area (TPSA) is 42.7 Å². The van der Waals surface area contributed by atoms with Crippen molar-refractivity contribution in [2.24, 2.45) is 7.05 Å². The normalized spacial score (nSPS) is 10.5. The summed E-state index contributed by atoms with van der Waals surface area (Å²) in [5.41, 5.74) is 0. The van der Waals surface area contributed by atoms with Crippen molar-refractivity contribution in [3.63, 3.8) is 0 Å². The Labute approximate surface area is 66.6 Å². The van der Waals surface area contributed by atoms with E-state index in [0.29, 0.717) is 0 Å². The molecular formula is C7H14N4. The summed E-state index contributed by atoms with van der Waals surface area (Å²) < 4.78 is 1.81. The number of hydrogen-bond donors (Lipinski definition) is 1. The van der Waals surface area contributed by atoms with Gasteiger partial charge in [0.15, 0.2) is 5.82 Å². The van der Waals surface area contributed by atoms with E-state index in [1.54, 1.807) is 0 Å². The average molecular weight is 154 g/mol. The molecule has 1 aromatic rings. The Morgan fingerprint density at radius 2 is 2.27 bits per heavy atom. The molecule has 0 radical (unpaired) electrons. The van der Waals surface area contributed by atoms with Crippen LogP contribution in [-0.4, -0.2) is 21.8 Å². The van der Waals surface area contributed by atoms with E-state index in [0.717, 1.165) is 24.6 Å². The molecule has 1 rings (SSSR count). The molecule has 4 heteroatoms. The van der Waals surface area contributed by atoms with E-state index >= 15 is 0 Å². The standard InChI is InChI=1S/C7H14N4/c1-4-6-9-7(5-8-2)11(3)10-6/h8H,4-5H2,1-3H3. The molecule has 62 valence electrons. The van der Waals surface area contributed by atoms with E-state index in [2.05, 4.69) is 22.3 Å². The van der Waals surface area contributed by atoms with Gasteiger partial charge in [0, 0.05) is 13.5 Å². The van der Waals surface area contributed by atoms with Crippen LogP contribution in [0.5, 0.6) is 0 Å². The number of aromatic nitrogens is 3. The maximum Gasteiger partial charge on any atom is 0.150 e. The van der Waals surface area contributed by atoms with E-state index < -0.39 is 0 Å². The Morgan fingerprint density at radius 1 is 1.55 bits per heavy atom. The third kappa shape index (κ3) is 1.77. The minimum atomic E-state index is 0.781. The fourth-order valence-electron chi connectivity index (χ4n) is 0.936. The lowest BCUT2D eigenvalue weighted by molar-refractivity contribution is 0.657. The van der Waals surface area contributed by atoms with Crippen LogP contribution in [0.15, 0.2) is 0 Å². The van der Waals surface area contributed by atoms with Gasteiger partial charge in [0.05, 0.1) is 6.54 Å². The van der Waals surface area contributed by atoms with Gasteiger partial charge in [-0.1, -0.05) is 6.92 Å². The lowest BCUT2D eigenvalue weighted by atomic mass is 10.5. The zero-order valence-electron chi connectivity index (χ0n) is 7.26. The first-order valence-electron chi connectivity index (χ1n) is 3.81. The number of aryl methyl sites for hydroxylation is 2. The quantitative estimate of drug-likeness (QED) is 0.671. The lowest BCUT2D eigenvalue weighted by Gasteiger charge is -1.95. The first kappa shape index (κ1) is 8.20. The van der Waals surface area contributed by atoms with E-state index in [1.165, 1.54) is 0 Å². The number of hydrogen-bond acceptors (Lipinski definition) is 3. The summed E-state index contributed by atoms with van der Waals surface area (Å²) in [6.07, 6.45) is 0.900. The van der Waals surface area contributed by atoms with Gasteiger partial charge in [0.2, 0.25) is 0 Å². The predicted octanol–water partition coefficient (Wildman–Crippen LogP) is 0.0969. The monoisotopic (exact) mass is 154 g/mol. The summed E-state index contributed by atoms with van der Waals surface area (Å²) in [6.45, 7) is 2.84. The summed E-state index contributed by atoms with van der Waals surface area (Å²) in [7, 11) is 3.82. The van der Waals surface area contributed by atoms with E-state index in [9.17, 15) is 0 Å². The molecule has 0 aliphatic rings. The molecule has 11 heavy (non-hydrogen) atoms. The summed E-state index contributed by atoms with van der Waals surface area (Å²) >= 11 is 0. The molecule has 0 amide bonds. The highest BCUT2D eigenvalue weighted by atomic mass is 15.3. The summed E-state index contributed by atoms with van der Waals surface area (Å²) in [5.74, 6) is 1.90. The Bertz CT molecular complexity index is 228. The first-order chi connectivity index (χ1) is 5.27. The minimum Gasteiger partial charge on any atom is -0.313 e. The second kappa shape index (κ2) is 3.48. The Hall–Kier alpha value is -0.900. The summed E-state index contributed by atoms with van der Waals surface area (Å²) in [6, 6.07) is 0. The molecule has 1 aromatic heterocycles. The largest absolute Gasteiger partial charge is 0.313 e. The second-order valence-corrected chi connectivity index (χ2v) is 2.45. The molecule has 0 aliphatic carbocycles. The van der Waals surface area contributed by atoms with Crippen LogP contribution in [0.4, 0.5) is 0 Å². The van der Waals surface area contributed by atoms with E-state index in [1.807, 2.05) is 18.8 Å². The molecular weight excluding hydrogens is 140 g/mol. The Morgan fingerprint density at radius 3 is 2.73 bits per heavy atom. The number of rotatable bonds is 3. The van der Waals surface area contributed by atoms with Crippen LogP contribution in [0.3, 0.4) is 0 Å². The van der Waals surface area contributed by atoms with Crippen LogP contribution in [0.2, 0.25) is 0 Å². The van der Waals surface area contributed by atoms with Crippen molar-refractivity contribution in [2.75, 3.05) is 7.05 Å². The minimum absolute atomic E-state index is 0.781. The molecule has 1 heterocycles. The molecule has 0 aromatic carbocycles. The first-order valence-corrected chi connectivity index (χ1v) is 3.81. The molecule has 1 N–H and O–H groups in total. The number of nitrogens with one attached hydrogen (secondary N) is 1. The van der Waals surface area contributed by atoms with Gasteiger partial charge in [-0.2, -0.15) is 5.10 Å². The van der Waals surface area contributed by atoms with Gasteiger partial charge in [-0.15, -0.1) is 0 Å². The van der Waals surface area contributed by atoms with Crippen LogP contribution < -0.4 is 5.32 Å². The molecule has 0 aliphatic heterocycles.